The molecular weight excluding hydrogens is 268 g/mol. The molecule has 5 heteroatoms. The molecule has 1 amide bonds. The normalized spacial score (nSPS) is 19.7. The highest BCUT2D eigenvalue weighted by molar-refractivity contribution is 5.86. The fourth-order valence-corrected chi connectivity index (χ4v) is 2.73. The zero-order chi connectivity index (χ0) is 16.3. The van der Waals surface area contributed by atoms with Gasteiger partial charge in [0.25, 0.3) is 0 Å². The zero-order valence-electron chi connectivity index (χ0n) is 13.7. The minimum Gasteiger partial charge on any atom is -0.481 e. The molecule has 4 N–H and O–H groups in total. The number of nitrogens with two attached hydrogens (primary N) is 1. The number of amides is 1. The standard InChI is InChI=1S/C16H30N2O3/c1-15(2,3)11(7-8-13(19)20)9-10-18-14(21)16(4,17)12-5-6-12/h11-12H,5-10,17H2,1-4H3,(H,18,21)(H,19,20). The minimum absolute atomic E-state index is 0.0304. The maximum atomic E-state index is 12.1. The van der Waals surface area contributed by atoms with Gasteiger partial charge in [-0.2, -0.15) is 0 Å². The van der Waals surface area contributed by atoms with Crippen LogP contribution in [0.2, 0.25) is 0 Å². The first kappa shape index (κ1) is 18.0. The van der Waals surface area contributed by atoms with Crippen LogP contribution in [0.1, 0.15) is 59.8 Å². The number of hydrogen-bond donors (Lipinski definition) is 3. The number of nitrogens with one attached hydrogen (secondary N) is 1. The Morgan fingerprint density at radius 3 is 2.24 bits per heavy atom. The minimum atomic E-state index is -0.767. The van der Waals surface area contributed by atoms with Crippen LogP contribution in [-0.4, -0.2) is 29.1 Å². The Labute approximate surface area is 127 Å². The number of hydrogen-bond acceptors (Lipinski definition) is 3. The first-order valence-electron chi connectivity index (χ1n) is 7.84. The van der Waals surface area contributed by atoms with Crippen molar-refractivity contribution in [2.75, 3.05) is 6.54 Å². The monoisotopic (exact) mass is 298 g/mol. The predicted molar refractivity (Wildman–Crippen MR) is 82.8 cm³/mol. The van der Waals surface area contributed by atoms with Crippen molar-refractivity contribution in [2.45, 2.75) is 65.3 Å². The molecule has 2 unspecified atom stereocenters. The first-order chi connectivity index (χ1) is 9.55. The van der Waals surface area contributed by atoms with Gasteiger partial charge >= 0.3 is 5.97 Å². The molecule has 0 spiro atoms. The Balaban J connectivity index is 2.42. The van der Waals surface area contributed by atoms with Crippen LogP contribution in [0.3, 0.4) is 0 Å². The summed E-state index contributed by atoms with van der Waals surface area (Å²) >= 11 is 0. The van der Waals surface area contributed by atoms with E-state index in [1.807, 2.05) is 0 Å². The van der Waals surface area contributed by atoms with E-state index in [0.29, 0.717) is 18.9 Å². The van der Waals surface area contributed by atoms with E-state index in [9.17, 15) is 9.59 Å². The molecule has 1 fully saturated rings. The van der Waals surface area contributed by atoms with Crippen molar-refractivity contribution in [2.24, 2.45) is 23.0 Å². The van der Waals surface area contributed by atoms with E-state index in [1.165, 1.54) is 0 Å². The number of rotatable bonds is 8. The van der Waals surface area contributed by atoms with Crippen molar-refractivity contribution in [3.05, 3.63) is 0 Å². The molecule has 0 bridgehead atoms. The number of carbonyl (C=O) groups is 2. The molecular formula is C16H30N2O3. The van der Waals surface area contributed by atoms with E-state index >= 15 is 0 Å². The molecule has 2 atom stereocenters. The Morgan fingerprint density at radius 2 is 1.81 bits per heavy atom. The molecule has 21 heavy (non-hydrogen) atoms. The van der Waals surface area contributed by atoms with E-state index in [2.05, 4.69) is 26.1 Å². The third-order valence-electron chi connectivity index (χ3n) is 4.62. The van der Waals surface area contributed by atoms with Gasteiger partial charge in [-0.3, -0.25) is 9.59 Å². The van der Waals surface area contributed by atoms with Crippen molar-refractivity contribution in [1.29, 1.82) is 0 Å². The highest BCUT2D eigenvalue weighted by Crippen LogP contribution is 2.38. The lowest BCUT2D eigenvalue weighted by Gasteiger charge is -2.31. The van der Waals surface area contributed by atoms with Gasteiger partial charge in [0.05, 0.1) is 5.54 Å². The fourth-order valence-electron chi connectivity index (χ4n) is 2.73. The summed E-state index contributed by atoms with van der Waals surface area (Å²) in [6, 6.07) is 0. The molecule has 1 aliphatic carbocycles. The van der Waals surface area contributed by atoms with Crippen molar-refractivity contribution in [1.82, 2.24) is 5.32 Å². The van der Waals surface area contributed by atoms with Crippen LogP contribution >= 0.6 is 0 Å². The number of aliphatic carboxylic acids is 1. The third-order valence-corrected chi connectivity index (χ3v) is 4.62. The summed E-state index contributed by atoms with van der Waals surface area (Å²) in [6.07, 6.45) is 3.65. The van der Waals surface area contributed by atoms with Gasteiger partial charge in [0, 0.05) is 13.0 Å². The van der Waals surface area contributed by atoms with Crippen LogP contribution in [0.4, 0.5) is 0 Å². The van der Waals surface area contributed by atoms with Gasteiger partial charge in [-0.15, -0.1) is 0 Å². The third kappa shape index (κ3) is 5.65. The van der Waals surface area contributed by atoms with Crippen molar-refractivity contribution in [3.8, 4) is 0 Å². The molecule has 0 heterocycles. The Bertz CT molecular complexity index is 381. The van der Waals surface area contributed by atoms with E-state index in [0.717, 1.165) is 19.3 Å². The summed E-state index contributed by atoms with van der Waals surface area (Å²) in [5.41, 5.74) is 5.34. The van der Waals surface area contributed by atoms with E-state index in [4.69, 9.17) is 10.8 Å². The smallest absolute Gasteiger partial charge is 0.303 e. The maximum absolute atomic E-state index is 12.1. The molecule has 1 saturated carbocycles. The van der Waals surface area contributed by atoms with Crippen LogP contribution < -0.4 is 11.1 Å². The molecule has 0 saturated heterocycles. The molecule has 0 aromatic carbocycles. The van der Waals surface area contributed by atoms with Gasteiger partial charge in [-0.1, -0.05) is 20.8 Å². The average Bonchev–Trinajstić information content (AvgIpc) is 3.15. The molecule has 1 rings (SSSR count). The molecule has 0 aromatic rings. The number of carboxylic acid groups (broad SMARTS) is 1. The Morgan fingerprint density at radius 1 is 1.24 bits per heavy atom. The van der Waals surface area contributed by atoms with Crippen molar-refractivity contribution in [3.63, 3.8) is 0 Å². The SMILES string of the molecule is CC(C)(C)C(CCNC(=O)C(C)(N)C1CC1)CCC(=O)O. The molecule has 1 aliphatic rings. The number of carboxylic acids is 1. The van der Waals surface area contributed by atoms with Gasteiger partial charge in [0.1, 0.15) is 0 Å². The summed E-state index contributed by atoms with van der Waals surface area (Å²) in [5.74, 6) is -0.283. The summed E-state index contributed by atoms with van der Waals surface area (Å²) in [5, 5.41) is 11.8. The second-order valence-corrected chi connectivity index (χ2v) is 7.60. The second-order valence-electron chi connectivity index (χ2n) is 7.60. The fraction of sp³-hybridized carbons (Fsp3) is 0.875. The van der Waals surface area contributed by atoms with E-state index < -0.39 is 11.5 Å². The lowest BCUT2D eigenvalue weighted by atomic mass is 9.76. The molecule has 122 valence electrons. The van der Waals surface area contributed by atoms with Crippen LogP contribution in [0.25, 0.3) is 0 Å². The summed E-state index contributed by atoms with van der Waals surface area (Å²) in [6.45, 7) is 8.68. The van der Waals surface area contributed by atoms with E-state index in [1.54, 1.807) is 6.92 Å². The van der Waals surface area contributed by atoms with E-state index in [-0.39, 0.29) is 23.7 Å². The molecule has 0 aromatic heterocycles. The number of carbonyl (C=O) groups excluding carboxylic acids is 1. The molecule has 5 nitrogen and oxygen atoms in total. The predicted octanol–water partition coefficient (Wildman–Crippen LogP) is 2.15. The largest absolute Gasteiger partial charge is 0.481 e. The lowest BCUT2D eigenvalue weighted by molar-refractivity contribution is -0.137. The highest BCUT2D eigenvalue weighted by Gasteiger charge is 2.43. The van der Waals surface area contributed by atoms with Gasteiger partial charge < -0.3 is 16.2 Å². The highest BCUT2D eigenvalue weighted by atomic mass is 16.4. The average molecular weight is 298 g/mol. The van der Waals surface area contributed by atoms with Crippen molar-refractivity contribution < 1.29 is 14.7 Å². The zero-order valence-corrected chi connectivity index (χ0v) is 13.7. The summed E-state index contributed by atoms with van der Waals surface area (Å²) < 4.78 is 0. The summed E-state index contributed by atoms with van der Waals surface area (Å²) in [7, 11) is 0. The molecule has 0 aliphatic heterocycles. The Kier molecular flexibility index (Phi) is 5.79. The Hall–Kier alpha value is -1.10. The lowest BCUT2D eigenvalue weighted by Crippen LogP contribution is -2.53. The van der Waals surface area contributed by atoms with Crippen LogP contribution in [0.15, 0.2) is 0 Å². The maximum Gasteiger partial charge on any atom is 0.303 e. The van der Waals surface area contributed by atoms with Gasteiger partial charge in [-0.05, 0) is 49.9 Å². The summed E-state index contributed by atoms with van der Waals surface area (Å²) in [4.78, 5) is 22.9. The van der Waals surface area contributed by atoms with Gasteiger partial charge in [0.2, 0.25) is 5.91 Å². The topological polar surface area (TPSA) is 92.4 Å². The molecule has 0 radical (unpaired) electrons. The van der Waals surface area contributed by atoms with Gasteiger partial charge in [0.15, 0.2) is 0 Å². The van der Waals surface area contributed by atoms with Crippen molar-refractivity contribution >= 4 is 11.9 Å². The van der Waals surface area contributed by atoms with Crippen LogP contribution in [0.5, 0.6) is 0 Å². The quantitative estimate of drug-likeness (QED) is 0.640. The van der Waals surface area contributed by atoms with Crippen LogP contribution in [-0.2, 0) is 9.59 Å². The first-order valence-corrected chi connectivity index (χ1v) is 7.84. The second kappa shape index (κ2) is 6.77. The van der Waals surface area contributed by atoms with Gasteiger partial charge in [-0.25, -0.2) is 0 Å². The van der Waals surface area contributed by atoms with Crippen LogP contribution in [0, 0.1) is 17.3 Å².